The minimum Gasteiger partial charge on any atom is -0.481 e. The number of hydrogen-bond acceptors (Lipinski definition) is 4. The van der Waals surface area contributed by atoms with Crippen LogP contribution in [0.3, 0.4) is 0 Å². The summed E-state index contributed by atoms with van der Waals surface area (Å²) in [7, 11) is 0. The van der Waals surface area contributed by atoms with Crippen LogP contribution in [-0.2, 0) is 9.59 Å². The fraction of sp³-hybridized carbons (Fsp3) is 0.857. The molecule has 6 heteroatoms. The zero-order valence-electron chi connectivity index (χ0n) is 12.5. The van der Waals surface area contributed by atoms with Gasteiger partial charge in [0.05, 0.1) is 6.54 Å². The first-order valence-corrected chi connectivity index (χ1v) is 7.52. The molecular formula is C14H27N3O3. The van der Waals surface area contributed by atoms with Crippen LogP contribution in [0.2, 0.25) is 0 Å². The Morgan fingerprint density at radius 1 is 1.35 bits per heavy atom. The van der Waals surface area contributed by atoms with E-state index in [9.17, 15) is 9.59 Å². The van der Waals surface area contributed by atoms with Gasteiger partial charge >= 0.3 is 5.97 Å². The number of rotatable bonds is 8. The highest BCUT2D eigenvalue weighted by atomic mass is 16.4. The van der Waals surface area contributed by atoms with Gasteiger partial charge in [-0.3, -0.25) is 14.5 Å². The van der Waals surface area contributed by atoms with Gasteiger partial charge in [-0.2, -0.15) is 0 Å². The van der Waals surface area contributed by atoms with E-state index in [1.165, 1.54) is 0 Å². The summed E-state index contributed by atoms with van der Waals surface area (Å²) in [6.45, 7) is 6.96. The number of piperazine rings is 1. The molecule has 3 N–H and O–H groups in total. The number of carboxylic acid groups (broad SMARTS) is 1. The van der Waals surface area contributed by atoms with E-state index in [1.807, 2.05) is 0 Å². The summed E-state index contributed by atoms with van der Waals surface area (Å²) in [4.78, 5) is 24.5. The standard InChI is InChI=1S/C14H27N3O3/c1-3-11-9-17(12(4-2)8-16-11)10-13(18)15-7-5-6-14(19)20/h11-12,16H,3-10H2,1-2H3,(H,15,18)(H,19,20). The van der Waals surface area contributed by atoms with Crippen LogP contribution in [0.15, 0.2) is 0 Å². The van der Waals surface area contributed by atoms with Crippen LogP contribution in [0.4, 0.5) is 0 Å². The molecule has 0 spiro atoms. The van der Waals surface area contributed by atoms with Crippen molar-refractivity contribution in [2.45, 2.75) is 51.6 Å². The van der Waals surface area contributed by atoms with Crippen molar-refractivity contribution < 1.29 is 14.7 Å². The smallest absolute Gasteiger partial charge is 0.303 e. The van der Waals surface area contributed by atoms with Crippen molar-refractivity contribution in [3.63, 3.8) is 0 Å². The van der Waals surface area contributed by atoms with Gasteiger partial charge in [0, 0.05) is 38.1 Å². The van der Waals surface area contributed by atoms with Crippen molar-refractivity contribution >= 4 is 11.9 Å². The Balaban J connectivity index is 2.31. The third-order valence-corrected chi connectivity index (χ3v) is 3.81. The topological polar surface area (TPSA) is 81.7 Å². The Morgan fingerprint density at radius 2 is 2.10 bits per heavy atom. The summed E-state index contributed by atoms with van der Waals surface area (Å²) in [5, 5.41) is 14.8. The van der Waals surface area contributed by atoms with Gasteiger partial charge in [-0.05, 0) is 19.3 Å². The van der Waals surface area contributed by atoms with Crippen LogP contribution in [-0.4, -0.2) is 60.1 Å². The number of nitrogens with one attached hydrogen (secondary N) is 2. The second-order valence-electron chi connectivity index (χ2n) is 5.35. The van der Waals surface area contributed by atoms with E-state index in [0.29, 0.717) is 31.6 Å². The maximum atomic E-state index is 11.9. The number of carbonyl (C=O) groups is 2. The molecule has 0 radical (unpaired) electrons. The number of carbonyl (C=O) groups excluding carboxylic acids is 1. The molecule has 0 aliphatic carbocycles. The molecule has 0 aromatic heterocycles. The molecular weight excluding hydrogens is 258 g/mol. The number of carboxylic acids is 1. The summed E-state index contributed by atoms with van der Waals surface area (Å²) < 4.78 is 0. The third-order valence-electron chi connectivity index (χ3n) is 3.81. The molecule has 116 valence electrons. The number of aliphatic carboxylic acids is 1. The van der Waals surface area contributed by atoms with Crippen molar-refractivity contribution in [3.05, 3.63) is 0 Å². The lowest BCUT2D eigenvalue weighted by Crippen LogP contribution is -2.58. The van der Waals surface area contributed by atoms with Crippen molar-refractivity contribution in [3.8, 4) is 0 Å². The van der Waals surface area contributed by atoms with Crippen molar-refractivity contribution in [1.29, 1.82) is 0 Å². The second kappa shape index (κ2) is 8.92. The van der Waals surface area contributed by atoms with Crippen LogP contribution in [0, 0.1) is 0 Å². The Hall–Kier alpha value is -1.14. The largest absolute Gasteiger partial charge is 0.481 e. The van der Waals surface area contributed by atoms with Gasteiger partial charge in [-0.1, -0.05) is 13.8 Å². The molecule has 1 heterocycles. The zero-order chi connectivity index (χ0) is 15.0. The van der Waals surface area contributed by atoms with Gasteiger partial charge in [0.1, 0.15) is 0 Å². The molecule has 20 heavy (non-hydrogen) atoms. The van der Waals surface area contributed by atoms with E-state index < -0.39 is 5.97 Å². The van der Waals surface area contributed by atoms with Gasteiger partial charge in [-0.25, -0.2) is 0 Å². The minimum atomic E-state index is -0.821. The monoisotopic (exact) mass is 285 g/mol. The average Bonchev–Trinajstić information content (AvgIpc) is 2.43. The lowest BCUT2D eigenvalue weighted by molar-refractivity contribution is -0.137. The van der Waals surface area contributed by atoms with Crippen LogP contribution in [0.5, 0.6) is 0 Å². The third kappa shape index (κ3) is 5.88. The highest BCUT2D eigenvalue weighted by molar-refractivity contribution is 5.78. The molecule has 0 aromatic carbocycles. The molecule has 1 saturated heterocycles. The van der Waals surface area contributed by atoms with Crippen molar-refractivity contribution in [1.82, 2.24) is 15.5 Å². The van der Waals surface area contributed by atoms with E-state index in [1.54, 1.807) is 0 Å². The number of amides is 1. The maximum Gasteiger partial charge on any atom is 0.303 e. The molecule has 2 unspecified atom stereocenters. The molecule has 1 rings (SSSR count). The van der Waals surface area contributed by atoms with Crippen LogP contribution >= 0.6 is 0 Å². The normalized spacial score (nSPS) is 23.5. The zero-order valence-corrected chi connectivity index (χ0v) is 12.5. The SMILES string of the molecule is CCC1CN(CC(=O)NCCCC(=O)O)C(CC)CN1. The molecule has 6 nitrogen and oxygen atoms in total. The summed E-state index contributed by atoms with van der Waals surface area (Å²) in [5.41, 5.74) is 0. The predicted molar refractivity (Wildman–Crippen MR) is 77.6 cm³/mol. The maximum absolute atomic E-state index is 11.9. The highest BCUT2D eigenvalue weighted by Crippen LogP contribution is 2.11. The van der Waals surface area contributed by atoms with E-state index >= 15 is 0 Å². The number of hydrogen-bond donors (Lipinski definition) is 3. The first kappa shape index (κ1) is 16.9. The second-order valence-corrected chi connectivity index (χ2v) is 5.35. The predicted octanol–water partition coefficient (Wildman–Crippen LogP) is 0.430. The molecule has 1 aliphatic rings. The molecule has 1 amide bonds. The summed E-state index contributed by atoms with van der Waals surface area (Å²) in [6, 6.07) is 0.861. The quantitative estimate of drug-likeness (QED) is 0.563. The minimum absolute atomic E-state index is 0.00871. The van der Waals surface area contributed by atoms with Gasteiger partial charge in [0.25, 0.3) is 0 Å². The Bertz CT molecular complexity index is 323. The van der Waals surface area contributed by atoms with Crippen LogP contribution in [0.1, 0.15) is 39.5 Å². The molecule has 1 fully saturated rings. The lowest BCUT2D eigenvalue weighted by Gasteiger charge is -2.39. The molecule has 1 aliphatic heterocycles. The lowest BCUT2D eigenvalue weighted by atomic mass is 10.1. The summed E-state index contributed by atoms with van der Waals surface area (Å²) >= 11 is 0. The Kier molecular flexibility index (Phi) is 7.54. The first-order valence-electron chi connectivity index (χ1n) is 7.52. The van der Waals surface area contributed by atoms with E-state index in [2.05, 4.69) is 29.4 Å². The fourth-order valence-corrected chi connectivity index (χ4v) is 2.51. The number of nitrogens with zero attached hydrogens (tertiary/aromatic N) is 1. The van der Waals surface area contributed by atoms with E-state index in [4.69, 9.17) is 5.11 Å². The first-order chi connectivity index (χ1) is 9.56. The molecule has 0 aromatic rings. The summed E-state index contributed by atoms with van der Waals surface area (Å²) in [5.74, 6) is -0.830. The molecule has 2 atom stereocenters. The van der Waals surface area contributed by atoms with E-state index in [0.717, 1.165) is 25.9 Å². The van der Waals surface area contributed by atoms with Gasteiger partial charge in [-0.15, -0.1) is 0 Å². The van der Waals surface area contributed by atoms with Crippen LogP contribution in [0.25, 0.3) is 0 Å². The highest BCUT2D eigenvalue weighted by Gasteiger charge is 2.26. The summed E-state index contributed by atoms with van der Waals surface area (Å²) in [6.07, 6.45) is 2.67. The van der Waals surface area contributed by atoms with Gasteiger partial charge < -0.3 is 15.7 Å². The van der Waals surface area contributed by atoms with E-state index in [-0.39, 0.29) is 12.3 Å². The van der Waals surface area contributed by atoms with Gasteiger partial charge in [0.2, 0.25) is 5.91 Å². The molecule has 0 bridgehead atoms. The Labute approximate surface area is 120 Å². The Morgan fingerprint density at radius 3 is 2.70 bits per heavy atom. The van der Waals surface area contributed by atoms with Crippen molar-refractivity contribution in [2.24, 2.45) is 0 Å². The average molecular weight is 285 g/mol. The fourth-order valence-electron chi connectivity index (χ4n) is 2.51. The van der Waals surface area contributed by atoms with Crippen LogP contribution < -0.4 is 10.6 Å². The van der Waals surface area contributed by atoms with Gasteiger partial charge in [0.15, 0.2) is 0 Å². The molecule has 0 saturated carbocycles. The van der Waals surface area contributed by atoms with Crippen molar-refractivity contribution in [2.75, 3.05) is 26.2 Å².